The molecule has 9 nitrogen and oxygen atoms in total. The molecule has 36 heavy (non-hydrogen) atoms. The quantitative estimate of drug-likeness (QED) is 0.291. The zero-order chi connectivity index (χ0) is 26.2. The highest BCUT2D eigenvalue weighted by atomic mass is 35.5. The van der Waals surface area contributed by atoms with Crippen LogP contribution in [0.25, 0.3) is 0 Å². The molecule has 1 aromatic heterocycles. The number of carbonyl (C=O) groups excluding carboxylic acids is 3. The van der Waals surface area contributed by atoms with Crippen LogP contribution in [0.2, 0.25) is 5.02 Å². The first kappa shape index (κ1) is 27.2. The van der Waals surface area contributed by atoms with E-state index in [2.05, 4.69) is 25.6 Å². The molecule has 11 heteroatoms. The number of methoxy groups -OCH3 is 1. The van der Waals surface area contributed by atoms with Crippen LogP contribution in [0, 0.1) is 5.92 Å². The van der Waals surface area contributed by atoms with Gasteiger partial charge in [-0.25, -0.2) is 4.79 Å². The molecular weight excluding hydrogens is 502 g/mol. The van der Waals surface area contributed by atoms with E-state index in [0.717, 1.165) is 0 Å². The topological polar surface area (TPSA) is 115 Å². The van der Waals surface area contributed by atoms with Crippen molar-refractivity contribution in [1.82, 2.24) is 20.1 Å². The van der Waals surface area contributed by atoms with Gasteiger partial charge in [-0.15, -0.1) is 10.2 Å². The Labute approximate surface area is 219 Å². The van der Waals surface area contributed by atoms with Crippen molar-refractivity contribution in [3.63, 3.8) is 0 Å². The van der Waals surface area contributed by atoms with Crippen molar-refractivity contribution >= 4 is 46.8 Å². The van der Waals surface area contributed by atoms with Crippen molar-refractivity contribution in [3.8, 4) is 0 Å². The molecule has 0 saturated carbocycles. The molecular formula is C25H28ClN5O4S. The summed E-state index contributed by atoms with van der Waals surface area (Å²) in [5.74, 6) is -0.229. The number of hydrogen-bond acceptors (Lipinski definition) is 7. The Bertz CT molecular complexity index is 1230. The summed E-state index contributed by atoms with van der Waals surface area (Å²) in [4.78, 5) is 36.9. The number of anilines is 1. The van der Waals surface area contributed by atoms with E-state index in [1.807, 2.05) is 25.3 Å². The molecule has 0 bridgehead atoms. The number of rotatable bonds is 10. The highest BCUT2D eigenvalue weighted by Gasteiger charge is 2.26. The molecule has 3 aromatic rings. The summed E-state index contributed by atoms with van der Waals surface area (Å²) in [6, 6.07) is 12.9. The molecule has 0 radical (unpaired) electrons. The van der Waals surface area contributed by atoms with Crippen LogP contribution in [0.3, 0.4) is 0 Å². The molecule has 0 aliphatic rings. The second kappa shape index (κ2) is 12.5. The lowest BCUT2D eigenvalue weighted by molar-refractivity contribution is -0.113. The number of esters is 1. The molecule has 0 spiro atoms. The molecule has 2 aromatic carbocycles. The summed E-state index contributed by atoms with van der Waals surface area (Å²) in [6.45, 7) is 6.48. The Hall–Kier alpha value is -3.37. The van der Waals surface area contributed by atoms with Crippen LogP contribution in [0.1, 0.15) is 53.4 Å². The Kier molecular flexibility index (Phi) is 9.49. The minimum Gasteiger partial charge on any atom is -0.465 e. The van der Waals surface area contributed by atoms with E-state index < -0.39 is 12.0 Å². The van der Waals surface area contributed by atoms with Gasteiger partial charge >= 0.3 is 5.97 Å². The van der Waals surface area contributed by atoms with Crippen LogP contribution < -0.4 is 10.6 Å². The molecule has 0 saturated heterocycles. The number of nitrogens with one attached hydrogen (secondary N) is 2. The maximum atomic E-state index is 12.9. The van der Waals surface area contributed by atoms with Gasteiger partial charge in [-0.3, -0.25) is 9.59 Å². The van der Waals surface area contributed by atoms with E-state index in [9.17, 15) is 14.4 Å². The fourth-order valence-electron chi connectivity index (χ4n) is 3.46. The maximum absolute atomic E-state index is 12.9. The predicted molar refractivity (Wildman–Crippen MR) is 139 cm³/mol. The van der Waals surface area contributed by atoms with Gasteiger partial charge in [0.05, 0.1) is 35.1 Å². The number of ether oxygens (including phenoxy) is 1. The molecule has 2 amide bonds. The number of hydrogen-bond donors (Lipinski definition) is 2. The third-order valence-electron chi connectivity index (χ3n) is 5.33. The van der Waals surface area contributed by atoms with Crippen LogP contribution in [0.15, 0.2) is 53.7 Å². The van der Waals surface area contributed by atoms with Gasteiger partial charge in [-0.2, -0.15) is 0 Å². The van der Waals surface area contributed by atoms with E-state index in [1.165, 1.54) is 18.9 Å². The summed E-state index contributed by atoms with van der Waals surface area (Å²) >= 11 is 7.44. The monoisotopic (exact) mass is 529 g/mol. The van der Waals surface area contributed by atoms with Crippen molar-refractivity contribution in [2.75, 3.05) is 18.2 Å². The zero-order valence-corrected chi connectivity index (χ0v) is 22.0. The van der Waals surface area contributed by atoms with E-state index >= 15 is 0 Å². The minimum atomic E-state index is -0.444. The number of benzene rings is 2. The molecule has 3 rings (SSSR count). The number of carbonyl (C=O) groups is 3. The van der Waals surface area contributed by atoms with Gasteiger partial charge in [0.2, 0.25) is 5.91 Å². The summed E-state index contributed by atoms with van der Waals surface area (Å²) < 4.78 is 6.56. The normalized spacial score (nSPS) is 11.7. The Morgan fingerprint density at radius 3 is 2.39 bits per heavy atom. The van der Waals surface area contributed by atoms with E-state index in [4.69, 9.17) is 11.6 Å². The van der Waals surface area contributed by atoms with E-state index in [1.54, 1.807) is 48.5 Å². The summed E-state index contributed by atoms with van der Waals surface area (Å²) in [5, 5.41) is 15.4. The molecule has 190 valence electrons. The summed E-state index contributed by atoms with van der Waals surface area (Å²) in [7, 11) is 1.31. The van der Waals surface area contributed by atoms with Gasteiger partial charge in [-0.1, -0.05) is 49.3 Å². The maximum Gasteiger partial charge on any atom is 0.337 e. The van der Waals surface area contributed by atoms with Crippen LogP contribution in [-0.4, -0.2) is 45.4 Å². The molecule has 0 aliphatic carbocycles. The van der Waals surface area contributed by atoms with Crippen molar-refractivity contribution in [1.29, 1.82) is 0 Å². The Morgan fingerprint density at radius 2 is 1.78 bits per heavy atom. The van der Waals surface area contributed by atoms with Crippen LogP contribution in [-0.2, 0) is 16.1 Å². The number of nitrogens with zero attached hydrogens (tertiary/aromatic N) is 3. The largest absolute Gasteiger partial charge is 0.465 e. The molecule has 1 heterocycles. The second-order valence-electron chi connectivity index (χ2n) is 8.17. The van der Waals surface area contributed by atoms with E-state index in [0.29, 0.717) is 39.4 Å². The van der Waals surface area contributed by atoms with Gasteiger partial charge in [0.1, 0.15) is 0 Å². The number of aromatic nitrogens is 3. The lowest BCUT2D eigenvalue weighted by Gasteiger charge is -2.22. The average molecular weight is 530 g/mol. The fourth-order valence-corrected chi connectivity index (χ4v) is 4.49. The highest BCUT2D eigenvalue weighted by Crippen LogP contribution is 2.26. The SMILES string of the molecule is CCn1c(SCC(=O)Nc2ccc(C(=O)OC)cc2)nnc1[C@H](NC(=O)c1ccccc1Cl)C(C)C. The van der Waals surface area contributed by atoms with Crippen molar-refractivity contribution in [3.05, 3.63) is 70.5 Å². The third kappa shape index (κ3) is 6.64. The third-order valence-corrected chi connectivity index (χ3v) is 6.63. The lowest BCUT2D eigenvalue weighted by atomic mass is 10.0. The number of amides is 2. The number of thioether (sulfide) groups is 1. The molecule has 2 N–H and O–H groups in total. The Morgan fingerprint density at radius 1 is 1.08 bits per heavy atom. The standard InChI is InChI=1S/C25H28ClN5O4S/c1-5-31-22(21(15(2)3)28-23(33)18-8-6-7-9-19(18)26)29-30-25(31)36-14-20(32)27-17-12-10-16(11-13-17)24(34)35-4/h6-13,15,21H,5,14H2,1-4H3,(H,27,32)(H,28,33)/t21-/m1/s1. The van der Waals surface area contributed by atoms with Crippen molar-refractivity contribution < 1.29 is 19.1 Å². The second-order valence-corrected chi connectivity index (χ2v) is 9.52. The van der Waals surface area contributed by atoms with Gasteiger partial charge in [-0.05, 0) is 49.2 Å². The lowest BCUT2D eigenvalue weighted by Crippen LogP contribution is -2.34. The van der Waals surface area contributed by atoms with Crippen molar-refractivity contribution in [2.24, 2.45) is 5.92 Å². The summed E-state index contributed by atoms with van der Waals surface area (Å²) in [5.41, 5.74) is 1.35. The minimum absolute atomic E-state index is 0.0278. The first-order valence-corrected chi connectivity index (χ1v) is 12.7. The first-order chi connectivity index (χ1) is 17.2. The van der Waals surface area contributed by atoms with Crippen molar-refractivity contribution in [2.45, 2.75) is 38.5 Å². The Balaban J connectivity index is 1.68. The van der Waals surface area contributed by atoms with E-state index in [-0.39, 0.29) is 23.5 Å². The van der Waals surface area contributed by atoms with Crippen LogP contribution in [0.4, 0.5) is 5.69 Å². The number of halogens is 1. The molecule has 0 aliphatic heterocycles. The molecule has 0 fully saturated rings. The van der Waals surface area contributed by atoms with Crippen LogP contribution >= 0.6 is 23.4 Å². The first-order valence-electron chi connectivity index (χ1n) is 11.3. The fraction of sp³-hybridized carbons (Fsp3) is 0.320. The van der Waals surface area contributed by atoms with Gasteiger partial charge in [0.25, 0.3) is 5.91 Å². The predicted octanol–water partition coefficient (Wildman–Crippen LogP) is 4.60. The van der Waals surface area contributed by atoms with Crippen LogP contribution in [0.5, 0.6) is 0 Å². The smallest absolute Gasteiger partial charge is 0.337 e. The van der Waals surface area contributed by atoms with Gasteiger partial charge < -0.3 is 19.9 Å². The summed E-state index contributed by atoms with van der Waals surface area (Å²) in [6.07, 6.45) is 0. The zero-order valence-electron chi connectivity index (χ0n) is 20.4. The van der Waals surface area contributed by atoms with Gasteiger partial charge in [0, 0.05) is 12.2 Å². The van der Waals surface area contributed by atoms with Gasteiger partial charge in [0.15, 0.2) is 11.0 Å². The molecule has 0 unspecified atom stereocenters. The average Bonchev–Trinajstić information content (AvgIpc) is 3.28. The molecule has 1 atom stereocenters. The highest BCUT2D eigenvalue weighted by molar-refractivity contribution is 7.99.